The molecule has 1 aromatic rings. The van der Waals surface area contributed by atoms with E-state index >= 15 is 0 Å². The first-order chi connectivity index (χ1) is 14.0. The quantitative estimate of drug-likeness (QED) is 0.484. The van der Waals surface area contributed by atoms with Crippen molar-refractivity contribution in [2.75, 3.05) is 52.8 Å². The Hall–Kier alpha value is -1.58. The van der Waals surface area contributed by atoms with Crippen molar-refractivity contribution in [2.24, 2.45) is 0 Å². The fourth-order valence-electron chi connectivity index (χ4n) is 4.14. The van der Waals surface area contributed by atoms with Crippen LogP contribution in [-0.2, 0) is 0 Å². The molecule has 0 amide bonds. The molecular formula is C21H37N5O3. The zero-order valence-corrected chi connectivity index (χ0v) is 18.1. The minimum atomic E-state index is -0.516. The SMILES string of the molecule is CNC1CC(C)NC(Nc2ccc(OC)c(OC[C@H](O)CN3CCCC3)c2)N1C. The summed E-state index contributed by atoms with van der Waals surface area (Å²) in [4.78, 5) is 4.53. The number of hydrogen-bond donors (Lipinski definition) is 4. The summed E-state index contributed by atoms with van der Waals surface area (Å²) in [5.41, 5.74) is 0.933. The molecule has 8 nitrogen and oxygen atoms in total. The maximum Gasteiger partial charge on any atom is 0.163 e. The van der Waals surface area contributed by atoms with Crippen LogP contribution in [0.25, 0.3) is 0 Å². The molecular weight excluding hydrogens is 370 g/mol. The van der Waals surface area contributed by atoms with Gasteiger partial charge in [0, 0.05) is 24.3 Å². The Morgan fingerprint density at radius 3 is 2.72 bits per heavy atom. The average molecular weight is 408 g/mol. The summed E-state index contributed by atoms with van der Waals surface area (Å²) >= 11 is 0. The third-order valence-electron chi connectivity index (χ3n) is 5.82. The number of anilines is 1. The molecule has 4 atom stereocenters. The van der Waals surface area contributed by atoms with Crippen molar-refractivity contribution in [1.29, 1.82) is 0 Å². The summed E-state index contributed by atoms with van der Waals surface area (Å²) in [5.74, 6) is 1.30. The molecule has 0 aliphatic carbocycles. The molecule has 2 saturated heterocycles. The van der Waals surface area contributed by atoms with E-state index in [1.807, 2.05) is 25.2 Å². The topological polar surface area (TPSA) is 81.3 Å². The van der Waals surface area contributed by atoms with Gasteiger partial charge in [-0.2, -0.15) is 0 Å². The van der Waals surface area contributed by atoms with Crippen LogP contribution in [0.15, 0.2) is 18.2 Å². The van der Waals surface area contributed by atoms with Gasteiger partial charge in [0.05, 0.1) is 13.3 Å². The fraction of sp³-hybridized carbons (Fsp3) is 0.714. The van der Waals surface area contributed by atoms with Crippen molar-refractivity contribution in [3.05, 3.63) is 18.2 Å². The van der Waals surface area contributed by atoms with Crippen LogP contribution in [0.5, 0.6) is 11.5 Å². The Balaban J connectivity index is 1.61. The molecule has 4 N–H and O–H groups in total. The Labute approximate surface area is 174 Å². The van der Waals surface area contributed by atoms with E-state index < -0.39 is 6.10 Å². The zero-order valence-electron chi connectivity index (χ0n) is 18.1. The smallest absolute Gasteiger partial charge is 0.163 e. The van der Waals surface area contributed by atoms with E-state index in [0.29, 0.717) is 30.3 Å². The summed E-state index contributed by atoms with van der Waals surface area (Å²) in [6, 6.07) is 6.21. The number of methoxy groups -OCH3 is 1. The van der Waals surface area contributed by atoms with Crippen molar-refractivity contribution in [3.8, 4) is 11.5 Å². The number of nitrogens with one attached hydrogen (secondary N) is 3. The largest absolute Gasteiger partial charge is 0.493 e. The van der Waals surface area contributed by atoms with Crippen LogP contribution in [0, 0.1) is 0 Å². The van der Waals surface area contributed by atoms with E-state index in [0.717, 1.165) is 25.2 Å². The normalized spacial score (nSPS) is 27.0. The number of ether oxygens (including phenoxy) is 2. The summed E-state index contributed by atoms with van der Waals surface area (Å²) < 4.78 is 11.4. The lowest BCUT2D eigenvalue weighted by molar-refractivity contribution is 0.0742. The minimum Gasteiger partial charge on any atom is -0.493 e. The number of aliphatic hydroxyl groups excluding tert-OH is 1. The number of rotatable bonds is 9. The lowest BCUT2D eigenvalue weighted by Crippen LogP contribution is -2.64. The predicted octanol–water partition coefficient (Wildman–Crippen LogP) is 1.09. The number of likely N-dealkylation sites (tertiary alicyclic amines) is 1. The van der Waals surface area contributed by atoms with Gasteiger partial charge < -0.3 is 30.1 Å². The van der Waals surface area contributed by atoms with Gasteiger partial charge in [-0.25, -0.2) is 0 Å². The summed E-state index contributed by atoms with van der Waals surface area (Å²) in [5, 5.41) is 20.8. The number of nitrogens with zero attached hydrogens (tertiary/aromatic N) is 2. The molecule has 8 heteroatoms. The second kappa shape index (κ2) is 10.4. The summed E-state index contributed by atoms with van der Waals surface area (Å²) in [6.45, 7) is 5.22. The zero-order chi connectivity index (χ0) is 20.8. The highest BCUT2D eigenvalue weighted by Gasteiger charge is 2.30. The maximum absolute atomic E-state index is 10.3. The first-order valence-electron chi connectivity index (χ1n) is 10.6. The van der Waals surface area contributed by atoms with Crippen LogP contribution in [0.1, 0.15) is 26.2 Å². The third-order valence-corrected chi connectivity index (χ3v) is 5.82. The summed E-state index contributed by atoms with van der Waals surface area (Å²) in [7, 11) is 5.71. The molecule has 3 rings (SSSR count). The molecule has 0 saturated carbocycles. The van der Waals surface area contributed by atoms with Gasteiger partial charge in [-0.15, -0.1) is 0 Å². The van der Waals surface area contributed by atoms with Crippen LogP contribution >= 0.6 is 0 Å². The monoisotopic (exact) mass is 407 g/mol. The van der Waals surface area contributed by atoms with E-state index in [1.165, 1.54) is 12.8 Å². The van der Waals surface area contributed by atoms with Gasteiger partial charge in [0.15, 0.2) is 11.5 Å². The Bertz CT molecular complexity index is 641. The maximum atomic E-state index is 10.3. The number of β-amino-alcohol motifs (C(OH)–C–C–N with tert-alkyl or cyclic N) is 1. The number of hydrogen-bond acceptors (Lipinski definition) is 8. The molecule has 164 valence electrons. The van der Waals surface area contributed by atoms with Crippen molar-refractivity contribution < 1.29 is 14.6 Å². The first kappa shape index (κ1) is 22.1. The Morgan fingerprint density at radius 1 is 1.28 bits per heavy atom. The molecule has 2 aliphatic rings. The second-order valence-corrected chi connectivity index (χ2v) is 8.16. The van der Waals surface area contributed by atoms with Gasteiger partial charge in [-0.1, -0.05) is 0 Å². The van der Waals surface area contributed by atoms with Gasteiger partial charge in [0.25, 0.3) is 0 Å². The van der Waals surface area contributed by atoms with Crippen LogP contribution in [0.3, 0.4) is 0 Å². The molecule has 2 aliphatic heterocycles. The van der Waals surface area contributed by atoms with Gasteiger partial charge in [-0.3, -0.25) is 10.2 Å². The number of aliphatic hydroxyl groups is 1. The van der Waals surface area contributed by atoms with Crippen molar-refractivity contribution >= 4 is 5.69 Å². The third kappa shape index (κ3) is 5.96. The lowest BCUT2D eigenvalue weighted by Gasteiger charge is -2.43. The van der Waals surface area contributed by atoms with Crippen LogP contribution in [0.4, 0.5) is 5.69 Å². The standard InChI is InChI=1S/C21H37N5O3/c1-15-11-20(22-2)25(3)21(23-15)24-16-7-8-18(28-4)19(12-16)29-14-17(27)13-26-9-5-6-10-26/h7-8,12,15,17,20-24,27H,5-6,9-11,13-14H2,1-4H3/t15?,17-,20?,21?/m1/s1. The van der Waals surface area contributed by atoms with E-state index in [1.54, 1.807) is 7.11 Å². The molecule has 0 bridgehead atoms. The van der Waals surface area contributed by atoms with Gasteiger partial charge >= 0.3 is 0 Å². The van der Waals surface area contributed by atoms with Gasteiger partial charge in [0.2, 0.25) is 0 Å². The highest BCUT2D eigenvalue weighted by atomic mass is 16.5. The molecule has 0 spiro atoms. The van der Waals surface area contributed by atoms with Crippen LogP contribution in [-0.4, -0.2) is 87.0 Å². The fourth-order valence-corrected chi connectivity index (χ4v) is 4.14. The molecule has 0 aromatic heterocycles. The number of benzene rings is 1. The average Bonchev–Trinajstić information content (AvgIpc) is 3.22. The lowest BCUT2D eigenvalue weighted by atomic mass is 10.1. The summed E-state index contributed by atoms with van der Waals surface area (Å²) in [6.07, 6.45) is 3.25. The van der Waals surface area contributed by atoms with Crippen molar-refractivity contribution in [1.82, 2.24) is 20.4 Å². The van der Waals surface area contributed by atoms with Crippen LogP contribution in [0.2, 0.25) is 0 Å². The Kier molecular flexibility index (Phi) is 7.97. The van der Waals surface area contributed by atoms with Crippen molar-refractivity contribution in [3.63, 3.8) is 0 Å². The molecule has 2 fully saturated rings. The van der Waals surface area contributed by atoms with E-state index in [-0.39, 0.29) is 12.9 Å². The molecule has 1 aromatic carbocycles. The Morgan fingerprint density at radius 2 is 2.03 bits per heavy atom. The molecule has 0 radical (unpaired) electrons. The molecule has 2 heterocycles. The highest BCUT2D eigenvalue weighted by Crippen LogP contribution is 2.31. The van der Waals surface area contributed by atoms with Gasteiger partial charge in [-0.05, 0) is 65.5 Å². The van der Waals surface area contributed by atoms with Crippen LogP contribution < -0.4 is 25.4 Å². The second-order valence-electron chi connectivity index (χ2n) is 8.16. The van der Waals surface area contributed by atoms with Crippen molar-refractivity contribution in [2.45, 2.75) is 50.8 Å². The van der Waals surface area contributed by atoms with E-state index in [2.05, 4.69) is 39.7 Å². The van der Waals surface area contributed by atoms with E-state index in [9.17, 15) is 5.11 Å². The predicted molar refractivity (Wildman–Crippen MR) is 115 cm³/mol. The van der Waals surface area contributed by atoms with Gasteiger partial charge in [0.1, 0.15) is 19.0 Å². The minimum absolute atomic E-state index is 0.00167. The highest BCUT2D eigenvalue weighted by molar-refractivity contribution is 5.55. The molecule has 29 heavy (non-hydrogen) atoms. The van der Waals surface area contributed by atoms with E-state index in [4.69, 9.17) is 9.47 Å². The molecule has 3 unspecified atom stereocenters. The first-order valence-corrected chi connectivity index (χ1v) is 10.6.